The molecular formula is C24H21NO2. The molecule has 0 N–H and O–H groups in total. The van der Waals surface area contributed by atoms with Crippen molar-refractivity contribution in [2.75, 3.05) is 13.7 Å². The lowest BCUT2D eigenvalue weighted by Crippen LogP contribution is -1.93. The molecule has 3 rings (SSSR count). The molecule has 27 heavy (non-hydrogen) atoms. The van der Waals surface area contributed by atoms with Crippen molar-refractivity contribution in [1.29, 1.82) is 0 Å². The molecule has 0 aliphatic carbocycles. The van der Waals surface area contributed by atoms with E-state index in [0.29, 0.717) is 13.2 Å². The summed E-state index contributed by atoms with van der Waals surface area (Å²) in [5.74, 6) is 7.06. The van der Waals surface area contributed by atoms with Crippen molar-refractivity contribution >= 4 is 11.9 Å². The fourth-order valence-corrected chi connectivity index (χ4v) is 2.46. The molecule has 3 heteroatoms. The Morgan fingerprint density at radius 3 is 2.41 bits per heavy atom. The van der Waals surface area contributed by atoms with Crippen LogP contribution in [0.3, 0.4) is 0 Å². The fraction of sp³-hybridized carbons (Fsp3) is 0.125. The first-order chi connectivity index (χ1) is 13.3. The van der Waals surface area contributed by atoms with Crippen LogP contribution < -0.4 is 4.74 Å². The van der Waals surface area contributed by atoms with Gasteiger partial charge in [0.1, 0.15) is 12.4 Å². The first-order valence-electron chi connectivity index (χ1n) is 8.73. The van der Waals surface area contributed by atoms with E-state index in [-0.39, 0.29) is 0 Å². The van der Waals surface area contributed by atoms with Crippen molar-refractivity contribution in [1.82, 2.24) is 0 Å². The summed E-state index contributed by atoms with van der Waals surface area (Å²) >= 11 is 0. The van der Waals surface area contributed by atoms with Crippen molar-refractivity contribution in [2.24, 2.45) is 4.99 Å². The quantitative estimate of drug-likeness (QED) is 0.353. The number of ether oxygens (including phenoxy) is 2. The smallest absolute Gasteiger partial charge is 0.119 e. The highest BCUT2D eigenvalue weighted by molar-refractivity contribution is 5.85. The molecule has 0 bridgehead atoms. The van der Waals surface area contributed by atoms with E-state index in [1.54, 1.807) is 7.11 Å². The van der Waals surface area contributed by atoms with Crippen LogP contribution >= 0.6 is 0 Å². The summed E-state index contributed by atoms with van der Waals surface area (Å²) in [7, 11) is 1.65. The maximum atomic E-state index is 5.61. The molecule has 0 radical (unpaired) electrons. The number of benzene rings is 3. The van der Waals surface area contributed by atoms with Gasteiger partial charge >= 0.3 is 0 Å². The van der Waals surface area contributed by atoms with Gasteiger partial charge in [-0.1, -0.05) is 60.4 Å². The molecule has 0 aliphatic heterocycles. The SMILES string of the molecule is COc1ccc(N=Cc2ccccc2C#CCOCc2ccccc2)cc1. The molecule has 0 spiro atoms. The summed E-state index contributed by atoms with van der Waals surface area (Å²) in [4.78, 5) is 4.52. The predicted octanol–water partition coefficient (Wildman–Crippen LogP) is 5.01. The molecule has 0 aromatic heterocycles. The Kier molecular flexibility index (Phi) is 6.80. The van der Waals surface area contributed by atoms with E-state index >= 15 is 0 Å². The van der Waals surface area contributed by atoms with Gasteiger partial charge in [0.25, 0.3) is 0 Å². The van der Waals surface area contributed by atoms with Gasteiger partial charge in [0.05, 0.1) is 19.4 Å². The highest BCUT2D eigenvalue weighted by Gasteiger charge is 1.96. The number of hydrogen-bond donors (Lipinski definition) is 0. The van der Waals surface area contributed by atoms with Crippen molar-refractivity contribution in [2.45, 2.75) is 6.61 Å². The summed E-state index contributed by atoms with van der Waals surface area (Å²) in [6, 6.07) is 25.6. The molecule has 3 nitrogen and oxygen atoms in total. The van der Waals surface area contributed by atoms with Crippen LogP contribution in [-0.4, -0.2) is 19.9 Å². The van der Waals surface area contributed by atoms with Crippen LogP contribution in [0.2, 0.25) is 0 Å². The lowest BCUT2D eigenvalue weighted by atomic mass is 10.1. The molecule has 3 aromatic rings. The van der Waals surface area contributed by atoms with Gasteiger partial charge in [-0.2, -0.15) is 0 Å². The average molecular weight is 355 g/mol. The summed E-state index contributed by atoms with van der Waals surface area (Å²) < 4.78 is 10.8. The Balaban J connectivity index is 1.61. The third-order valence-corrected chi connectivity index (χ3v) is 3.89. The van der Waals surface area contributed by atoms with Crippen LogP contribution in [0.4, 0.5) is 5.69 Å². The molecular weight excluding hydrogens is 334 g/mol. The van der Waals surface area contributed by atoms with Crippen LogP contribution in [-0.2, 0) is 11.3 Å². The van der Waals surface area contributed by atoms with Gasteiger partial charge < -0.3 is 9.47 Å². The number of aliphatic imine (C=N–C) groups is 1. The zero-order chi connectivity index (χ0) is 18.7. The van der Waals surface area contributed by atoms with Crippen LogP contribution in [0.15, 0.2) is 83.9 Å². The second-order valence-corrected chi connectivity index (χ2v) is 5.82. The van der Waals surface area contributed by atoms with Crippen LogP contribution in [0, 0.1) is 11.8 Å². The molecule has 134 valence electrons. The largest absolute Gasteiger partial charge is 0.497 e. The van der Waals surface area contributed by atoms with Gasteiger partial charge in [-0.15, -0.1) is 0 Å². The average Bonchev–Trinajstić information content (AvgIpc) is 2.74. The van der Waals surface area contributed by atoms with Gasteiger partial charge in [-0.25, -0.2) is 0 Å². The second-order valence-electron chi connectivity index (χ2n) is 5.82. The number of nitrogens with zero attached hydrogens (tertiary/aromatic N) is 1. The fourth-order valence-electron chi connectivity index (χ4n) is 2.46. The van der Waals surface area contributed by atoms with Crippen molar-refractivity contribution in [3.05, 3.63) is 95.6 Å². The third kappa shape index (κ3) is 5.85. The lowest BCUT2D eigenvalue weighted by molar-refractivity contribution is 0.153. The van der Waals surface area contributed by atoms with Crippen LogP contribution in [0.5, 0.6) is 5.75 Å². The molecule has 0 fully saturated rings. The van der Waals surface area contributed by atoms with Gasteiger partial charge in [0.15, 0.2) is 0 Å². The topological polar surface area (TPSA) is 30.8 Å². The molecule has 0 heterocycles. The van der Waals surface area contributed by atoms with Gasteiger partial charge in [-0.3, -0.25) is 4.99 Å². The van der Waals surface area contributed by atoms with Crippen LogP contribution in [0.1, 0.15) is 16.7 Å². The van der Waals surface area contributed by atoms with E-state index in [1.165, 1.54) is 0 Å². The molecule has 0 saturated heterocycles. The Hall–Kier alpha value is -3.35. The van der Waals surface area contributed by atoms with E-state index in [2.05, 4.69) is 16.8 Å². The molecule has 0 amide bonds. The monoisotopic (exact) mass is 355 g/mol. The summed E-state index contributed by atoms with van der Waals surface area (Å²) in [6.45, 7) is 0.953. The highest BCUT2D eigenvalue weighted by Crippen LogP contribution is 2.18. The zero-order valence-electron chi connectivity index (χ0n) is 15.3. The molecule has 0 atom stereocenters. The maximum absolute atomic E-state index is 5.61. The van der Waals surface area contributed by atoms with E-state index in [9.17, 15) is 0 Å². The van der Waals surface area contributed by atoms with Gasteiger partial charge in [0.2, 0.25) is 0 Å². The number of rotatable bonds is 6. The third-order valence-electron chi connectivity index (χ3n) is 3.89. The number of methoxy groups -OCH3 is 1. The Morgan fingerprint density at radius 1 is 0.889 bits per heavy atom. The first-order valence-corrected chi connectivity index (χ1v) is 8.73. The summed E-state index contributed by atoms with van der Waals surface area (Å²) in [5, 5.41) is 0. The van der Waals surface area contributed by atoms with E-state index in [0.717, 1.165) is 28.1 Å². The minimum Gasteiger partial charge on any atom is -0.497 e. The van der Waals surface area contributed by atoms with Gasteiger partial charge in [0, 0.05) is 17.3 Å². The van der Waals surface area contributed by atoms with Crippen LogP contribution in [0.25, 0.3) is 0 Å². The first kappa shape index (κ1) is 18.4. The van der Waals surface area contributed by atoms with Crippen molar-refractivity contribution in [3.63, 3.8) is 0 Å². The normalized spacial score (nSPS) is 10.4. The molecule has 0 unspecified atom stereocenters. The van der Waals surface area contributed by atoms with E-state index in [4.69, 9.17) is 9.47 Å². The maximum Gasteiger partial charge on any atom is 0.119 e. The predicted molar refractivity (Wildman–Crippen MR) is 110 cm³/mol. The summed E-state index contributed by atoms with van der Waals surface area (Å²) in [5.41, 5.74) is 3.91. The number of hydrogen-bond acceptors (Lipinski definition) is 3. The standard InChI is InChI=1S/C24H21NO2/c1-26-24-15-13-23(14-16-24)25-18-22-11-6-5-10-21(22)12-7-17-27-19-20-8-3-2-4-9-20/h2-6,8-11,13-16,18H,17,19H2,1H3. The van der Waals surface area contributed by atoms with E-state index in [1.807, 2.05) is 85.1 Å². The Morgan fingerprint density at radius 2 is 1.63 bits per heavy atom. The minimum absolute atomic E-state index is 0.388. The molecule has 3 aromatic carbocycles. The zero-order valence-corrected chi connectivity index (χ0v) is 15.3. The second kappa shape index (κ2) is 9.96. The summed E-state index contributed by atoms with van der Waals surface area (Å²) in [6.07, 6.45) is 1.83. The minimum atomic E-state index is 0.388. The Labute approximate surface area is 160 Å². The molecule has 0 aliphatic rings. The Bertz CT molecular complexity index is 935. The molecule has 0 saturated carbocycles. The van der Waals surface area contributed by atoms with Gasteiger partial charge in [-0.05, 0) is 35.9 Å². The van der Waals surface area contributed by atoms with Crippen molar-refractivity contribution < 1.29 is 9.47 Å². The van der Waals surface area contributed by atoms with Crippen molar-refractivity contribution in [3.8, 4) is 17.6 Å². The lowest BCUT2D eigenvalue weighted by Gasteiger charge is -2.01. The van der Waals surface area contributed by atoms with E-state index < -0.39 is 0 Å². The highest BCUT2D eigenvalue weighted by atomic mass is 16.5.